The molecule has 3 aromatic heterocycles. The molecular weight excluding hydrogens is 292 g/mol. The summed E-state index contributed by atoms with van der Waals surface area (Å²) in [5, 5.41) is 13.1. The Bertz CT molecular complexity index is 927. The van der Waals surface area contributed by atoms with Crippen molar-refractivity contribution in [2.45, 2.75) is 6.92 Å². The molecule has 0 saturated heterocycles. The summed E-state index contributed by atoms with van der Waals surface area (Å²) in [5.41, 5.74) is 2.97. The lowest BCUT2D eigenvalue weighted by molar-refractivity contribution is 1.11. The summed E-state index contributed by atoms with van der Waals surface area (Å²) in [4.78, 5) is 4.32. The second kappa shape index (κ2) is 4.26. The molecule has 1 aromatic carbocycles. The number of hydrogen-bond donors (Lipinski definition) is 0. The van der Waals surface area contributed by atoms with Crippen LogP contribution in [0.15, 0.2) is 35.8 Å². The van der Waals surface area contributed by atoms with Gasteiger partial charge in [-0.1, -0.05) is 17.7 Å². The molecule has 0 saturated carbocycles. The van der Waals surface area contributed by atoms with Gasteiger partial charge >= 0.3 is 0 Å². The van der Waals surface area contributed by atoms with E-state index in [4.69, 9.17) is 11.6 Å². The first-order valence-electron chi connectivity index (χ1n) is 6.08. The zero-order chi connectivity index (χ0) is 13.7. The highest BCUT2D eigenvalue weighted by Gasteiger charge is 2.14. The molecule has 0 N–H and O–H groups in total. The van der Waals surface area contributed by atoms with Crippen LogP contribution in [-0.4, -0.2) is 19.6 Å². The van der Waals surface area contributed by atoms with Gasteiger partial charge in [-0.2, -0.15) is 0 Å². The van der Waals surface area contributed by atoms with Crippen molar-refractivity contribution in [3.63, 3.8) is 0 Å². The van der Waals surface area contributed by atoms with Crippen molar-refractivity contribution in [1.82, 2.24) is 19.6 Å². The molecule has 0 bridgehead atoms. The smallest absolute Gasteiger partial charge is 0.197 e. The third kappa shape index (κ3) is 1.63. The molecule has 0 aliphatic heterocycles. The fraction of sp³-hybridized carbons (Fsp3) is 0.0714. The molecule has 3 heterocycles. The van der Waals surface area contributed by atoms with Crippen LogP contribution in [0, 0.1) is 6.92 Å². The van der Waals surface area contributed by atoms with Crippen LogP contribution in [0.1, 0.15) is 5.56 Å². The maximum Gasteiger partial charge on any atom is 0.197 e. The Hall–Kier alpha value is -1.98. The van der Waals surface area contributed by atoms with Crippen molar-refractivity contribution in [3.8, 4) is 10.8 Å². The minimum absolute atomic E-state index is 0.697. The van der Waals surface area contributed by atoms with Crippen LogP contribution >= 0.6 is 22.9 Å². The molecule has 20 heavy (non-hydrogen) atoms. The first kappa shape index (κ1) is 11.8. The summed E-state index contributed by atoms with van der Waals surface area (Å²) >= 11 is 7.69. The largest absolute Gasteiger partial charge is 0.273 e. The van der Waals surface area contributed by atoms with E-state index in [1.54, 1.807) is 17.5 Å². The van der Waals surface area contributed by atoms with Gasteiger partial charge in [0.15, 0.2) is 16.5 Å². The number of halogens is 1. The molecule has 4 nitrogen and oxygen atoms in total. The summed E-state index contributed by atoms with van der Waals surface area (Å²) in [6.07, 6.45) is 1.77. The predicted molar refractivity (Wildman–Crippen MR) is 81.3 cm³/mol. The third-order valence-corrected chi connectivity index (χ3v) is 4.29. The Morgan fingerprint density at radius 1 is 1.20 bits per heavy atom. The minimum Gasteiger partial charge on any atom is -0.273 e. The second-order valence-corrected chi connectivity index (χ2v) is 5.87. The molecule has 0 unspecified atom stereocenters. The molecule has 4 aromatic rings. The average Bonchev–Trinajstić information content (AvgIpc) is 3.06. The SMILES string of the molecule is Cc1cc2nnc(-c3nccs3)n2c2cc(Cl)ccc12. The second-order valence-electron chi connectivity index (χ2n) is 4.54. The quantitative estimate of drug-likeness (QED) is 0.534. The van der Waals surface area contributed by atoms with E-state index in [0.29, 0.717) is 5.02 Å². The molecule has 0 amide bonds. The zero-order valence-corrected chi connectivity index (χ0v) is 12.1. The topological polar surface area (TPSA) is 43.1 Å². The van der Waals surface area contributed by atoms with Gasteiger partial charge in [0.25, 0.3) is 0 Å². The summed E-state index contributed by atoms with van der Waals surface area (Å²) < 4.78 is 2.01. The number of thiazole rings is 1. The van der Waals surface area contributed by atoms with Crippen LogP contribution in [0.4, 0.5) is 0 Å². The highest BCUT2D eigenvalue weighted by atomic mass is 35.5. The van der Waals surface area contributed by atoms with Gasteiger partial charge in [-0.3, -0.25) is 4.40 Å². The number of nitrogens with zero attached hydrogens (tertiary/aromatic N) is 4. The molecule has 0 spiro atoms. The Kier molecular flexibility index (Phi) is 2.52. The third-order valence-electron chi connectivity index (χ3n) is 3.28. The number of aromatic nitrogens is 4. The van der Waals surface area contributed by atoms with Crippen molar-refractivity contribution < 1.29 is 0 Å². The van der Waals surface area contributed by atoms with E-state index in [-0.39, 0.29) is 0 Å². The molecule has 0 aliphatic carbocycles. The monoisotopic (exact) mass is 300 g/mol. The van der Waals surface area contributed by atoms with Crippen molar-refractivity contribution in [3.05, 3.63) is 46.4 Å². The van der Waals surface area contributed by atoms with Gasteiger partial charge in [-0.25, -0.2) is 4.98 Å². The molecular formula is C14H9ClN4S. The molecule has 0 fully saturated rings. The van der Waals surface area contributed by atoms with Crippen LogP contribution < -0.4 is 0 Å². The predicted octanol–water partition coefficient (Wildman–Crippen LogP) is 3.97. The van der Waals surface area contributed by atoms with E-state index in [9.17, 15) is 0 Å². The molecule has 98 valence electrons. The minimum atomic E-state index is 0.697. The van der Waals surface area contributed by atoms with E-state index in [1.807, 2.05) is 34.0 Å². The van der Waals surface area contributed by atoms with Crippen LogP contribution in [-0.2, 0) is 0 Å². The Labute approximate surface area is 123 Å². The first-order valence-corrected chi connectivity index (χ1v) is 7.33. The van der Waals surface area contributed by atoms with Gasteiger partial charge in [0.1, 0.15) is 0 Å². The van der Waals surface area contributed by atoms with Gasteiger partial charge in [0.05, 0.1) is 5.52 Å². The molecule has 4 rings (SSSR count). The van der Waals surface area contributed by atoms with Crippen LogP contribution in [0.5, 0.6) is 0 Å². The average molecular weight is 301 g/mol. The summed E-state index contributed by atoms with van der Waals surface area (Å²) in [5.74, 6) is 0.752. The van der Waals surface area contributed by atoms with Crippen molar-refractivity contribution in [2.24, 2.45) is 0 Å². The van der Waals surface area contributed by atoms with Gasteiger partial charge in [-0.15, -0.1) is 21.5 Å². The zero-order valence-electron chi connectivity index (χ0n) is 10.5. The number of hydrogen-bond acceptors (Lipinski definition) is 4. The number of rotatable bonds is 1. The van der Waals surface area contributed by atoms with Crippen molar-refractivity contribution in [2.75, 3.05) is 0 Å². The fourth-order valence-electron chi connectivity index (χ4n) is 2.39. The first-order chi connectivity index (χ1) is 9.74. The van der Waals surface area contributed by atoms with Gasteiger partial charge in [-0.05, 0) is 30.7 Å². The van der Waals surface area contributed by atoms with Gasteiger partial charge in [0, 0.05) is 22.0 Å². The van der Waals surface area contributed by atoms with Gasteiger partial charge in [0.2, 0.25) is 0 Å². The normalized spacial score (nSPS) is 11.5. The van der Waals surface area contributed by atoms with Gasteiger partial charge < -0.3 is 0 Å². The Morgan fingerprint density at radius 2 is 2.10 bits per heavy atom. The summed E-state index contributed by atoms with van der Waals surface area (Å²) in [6, 6.07) is 7.89. The summed E-state index contributed by atoms with van der Waals surface area (Å²) in [6.45, 7) is 2.06. The Balaban J connectivity index is 2.21. The summed E-state index contributed by atoms with van der Waals surface area (Å²) in [7, 11) is 0. The van der Waals surface area contributed by atoms with E-state index in [1.165, 1.54) is 0 Å². The maximum atomic E-state index is 6.15. The molecule has 0 radical (unpaired) electrons. The fourth-order valence-corrected chi connectivity index (χ4v) is 3.17. The maximum absolute atomic E-state index is 6.15. The van der Waals surface area contributed by atoms with E-state index in [0.717, 1.165) is 32.9 Å². The number of benzene rings is 1. The highest BCUT2D eigenvalue weighted by molar-refractivity contribution is 7.13. The van der Waals surface area contributed by atoms with E-state index < -0.39 is 0 Å². The molecule has 6 heteroatoms. The number of aryl methyl sites for hydroxylation is 1. The standard InChI is InChI=1S/C14H9ClN4S/c1-8-6-12-17-18-13(14-16-4-5-20-14)19(12)11-7-9(15)2-3-10(8)11/h2-7H,1H3. The molecule has 0 aliphatic rings. The van der Waals surface area contributed by atoms with Crippen LogP contribution in [0.25, 0.3) is 27.4 Å². The number of pyridine rings is 1. The lowest BCUT2D eigenvalue weighted by Crippen LogP contribution is -1.94. The van der Waals surface area contributed by atoms with Crippen LogP contribution in [0.3, 0.4) is 0 Å². The number of fused-ring (bicyclic) bond motifs is 3. The lowest BCUT2D eigenvalue weighted by Gasteiger charge is -2.07. The molecule has 0 atom stereocenters. The van der Waals surface area contributed by atoms with Crippen molar-refractivity contribution in [1.29, 1.82) is 0 Å². The van der Waals surface area contributed by atoms with Crippen molar-refractivity contribution >= 4 is 39.5 Å². The van der Waals surface area contributed by atoms with Crippen LogP contribution in [0.2, 0.25) is 5.02 Å². The highest BCUT2D eigenvalue weighted by Crippen LogP contribution is 2.28. The Morgan fingerprint density at radius 3 is 2.90 bits per heavy atom. The van der Waals surface area contributed by atoms with E-state index >= 15 is 0 Å². The lowest BCUT2D eigenvalue weighted by atomic mass is 10.1. The van der Waals surface area contributed by atoms with E-state index in [2.05, 4.69) is 22.1 Å².